The molecule has 15 nitrogen and oxygen atoms in total. The lowest BCUT2D eigenvalue weighted by Gasteiger charge is -2.36. The van der Waals surface area contributed by atoms with Crippen molar-refractivity contribution in [2.45, 2.75) is 58.8 Å². The number of benzene rings is 2. The molecule has 2 aliphatic rings. The van der Waals surface area contributed by atoms with Gasteiger partial charge >= 0.3 is 0 Å². The number of phenols is 1. The fourth-order valence-electron chi connectivity index (χ4n) is 7.01. The van der Waals surface area contributed by atoms with Crippen molar-refractivity contribution in [1.82, 2.24) is 35.6 Å². The van der Waals surface area contributed by atoms with Gasteiger partial charge < -0.3 is 35.4 Å². The van der Waals surface area contributed by atoms with Gasteiger partial charge in [0.1, 0.15) is 30.1 Å². The highest BCUT2D eigenvalue weighted by Gasteiger charge is 2.44. The van der Waals surface area contributed by atoms with E-state index in [1.165, 1.54) is 4.90 Å². The molecule has 0 radical (unpaired) electrons. The third-order valence-corrected chi connectivity index (χ3v) is 11.2. The van der Waals surface area contributed by atoms with E-state index in [9.17, 15) is 29.4 Å². The molecular formula is C40H50N8O7S. The number of para-hydroxylation sites is 1. The van der Waals surface area contributed by atoms with E-state index < -0.39 is 35.4 Å². The maximum Gasteiger partial charge on any atom is 0.287 e. The zero-order chi connectivity index (χ0) is 40.0. The number of phenolic OH excluding ortho intramolecular Hbond substituents is 1. The van der Waals surface area contributed by atoms with E-state index >= 15 is 0 Å². The first-order chi connectivity index (χ1) is 26.8. The molecular weight excluding hydrogens is 737 g/mol. The lowest BCUT2D eigenvalue weighted by atomic mass is 9.85. The molecule has 3 amide bonds. The van der Waals surface area contributed by atoms with Crippen LogP contribution in [0.1, 0.15) is 38.4 Å². The predicted molar refractivity (Wildman–Crippen MR) is 213 cm³/mol. The number of H-pyrrole nitrogens is 1. The number of nitrogens with one attached hydrogen (secondary N) is 3. The van der Waals surface area contributed by atoms with Crippen molar-refractivity contribution in [3.63, 3.8) is 0 Å². The SMILES string of the molecule is Cc1ncsc1-c1ccc(CNC(=O)[C@@H]2C[C@@H](O)CN2C(=O)[C@@H](NC(=O)COCCN2CCN(c3cc(-c4ccccc4O)n[nH]c3=O)CC2)C(C)(C)C)cc1. The van der Waals surface area contributed by atoms with Gasteiger partial charge in [-0.05, 0) is 41.7 Å². The Morgan fingerprint density at radius 2 is 1.80 bits per heavy atom. The fraction of sp³-hybridized carbons (Fsp3) is 0.450. The van der Waals surface area contributed by atoms with Crippen molar-refractivity contribution in [1.29, 1.82) is 0 Å². The third kappa shape index (κ3) is 9.79. The van der Waals surface area contributed by atoms with Crippen LogP contribution in [-0.2, 0) is 25.7 Å². The Morgan fingerprint density at radius 1 is 1.07 bits per heavy atom. The number of aromatic nitrogens is 3. The van der Waals surface area contributed by atoms with Crippen LogP contribution in [0.25, 0.3) is 21.7 Å². The summed E-state index contributed by atoms with van der Waals surface area (Å²) in [5.74, 6) is -1.19. The average molecular weight is 787 g/mol. The second kappa shape index (κ2) is 17.7. The highest BCUT2D eigenvalue weighted by molar-refractivity contribution is 7.13. The summed E-state index contributed by atoms with van der Waals surface area (Å²) in [6.45, 7) is 10.8. The maximum atomic E-state index is 14.0. The van der Waals surface area contributed by atoms with Crippen molar-refractivity contribution < 1.29 is 29.3 Å². The van der Waals surface area contributed by atoms with Crippen molar-refractivity contribution >= 4 is 34.7 Å². The van der Waals surface area contributed by atoms with Crippen LogP contribution in [0.15, 0.2) is 64.9 Å². The van der Waals surface area contributed by atoms with Gasteiger partial charge in [0.05, 0.1) is 34.5 Å². The minimum absolute atomic E-state index is 0.0145. The van der Waals surface area contributed by atoms with Crippen molar-refractivity contribution in [3.05, 3.63) is 81.7 Å². The molecule has 0 saturated carbocycles. The number of carbonyl (C=O) groups excluding carboxylic acids is 3. The molecule has 56 heavy (non-hydrogen) atoms. The quantitative estimate of drug-likeness (QED) is 0.125. The molecule has 2 saturated heterocycles. The van der Waals surface area contributed by atoms with E-state index in [0.29, 0.717) is 49.7 Å². The van der Waals surface area contributed by atoms with E-state index in [1.54, 1.807) is 41.7 Å². The van der Waals surface area contributed by atoms with E-state index in [-0.39, 0.29) is 49.9 Å². The van der Waals surface area contributed by atoms with Gasteiger partial charge in [0.15, 0.2) is 0 Å². The molecule has 2 aromatic heterocycles. The monoisotopic (exact) mass is 786 g/mol. The normalized spacial score (nSPS) is 18.2. The second-order valence-corrected chi connectivity index (χ2v) is 16.2. The Kier molecular flexibility index (Phi) is 12.8. The van der Waals surface area contributed by atoms with Crippen LogP contribution in [-0.4, -0.2) is 124 Å². The number of ether oxygens (including phenoxy) is 1. The molecule has 5 N–H and O–H groups in total. The number of amides is 3. The first kappa shape index (κ1) is 40.5. The van der Waals surface area contributed by atoms with Gasteiger partial charge in [0.25, 0.3) is 5.56 Å². The summed E-state index contributed by atoms with van der Waals surface area (Å²) in [6, 6.07) is 14.5. The number of hydrogen-bond acceptors (Lipinski definition) is 12. The number of nitrogens with zero attached hydrogens (tertiary/aromatic N) is 5. The Hall–Kier alpha value is -5.16. The number of aromatic amines is 1. The van der Waals surface area contributed by atoms with E-state index in [2.05, 4.69) is 30.7 Å². The van der Waals surface area contributed by atoms with Crippen LogP contribution in [0.2, 0.25) is 0 Å². The van der Waals surface area contributed by atoms with E-state index in [0.717, 1.165) is 21.7 Å². The molecule has 4 aromatic rings. The number of rotatable bonds is 13. The Bertz CT molecular complexity index is 2060. The molecule has 2 fully saturated rings. The van der Waals surface area contributed by atoms with Gasteiger partial charge in [-0.3, -0.25) is 24.1 Å². The fourth-order valence-corrected chi connectivity index (χ4v) is 7.82. The van der Waals surface area contributed by atoms with Crippen LogP contribution in [0.5, 0.6) is 5.75 Å². The molecule has 6 rings (SSSR count). The van der Waals surface area contributed by atoms with Crippen molar-refractivity contribution in [2.24, 2.45) is 5.41 Å². The first-order valence-corrected chi connectivity index (χ1v) is 19.6. The summed E-state index contributed by atoms with van der Waals surface area (Å²) in [5.41, 5.74) is 5.20. The lowest BCUT2D eigenvalue weighted by molar-refractivity contribution is -0.144. The number of piperazine rings is 1. The minimum atomic E-state index is -0.960. The van der Waals surface area contributed by atoms with Gasteiger partial charge in [0.2, 0.25) is 17.7 Å². The molecule has 2 aliphatic heterocycles. The predicted octanol–water partition coefficient (Wildman–Crippen LogP) is 2.52. The Morgan fingerprint density at radius 3 is 2.48 bits per heavy atom. The number of aromatic hydroxyl groups is 1. The molecule has 16 heteroatoms. The second-order valence-electron chi connectivity index (χ2n) is 15.3. The molecule has 0 spiro atoms. The van der Waals surface area contributed by atoms with Gasteiger partial charge in [-0.1, -0.05) is 57.2 Å². The number of aliphatic hydroxyl groups excluding tert-OH is 1. The average Bonchev–Trinajstić information content (AvgIpc) is 3.80. The summed E-state index contributed by atoms with van der Waals surface area (Å²) in [6.07, 6.45) is -0.772. The molecule has 3 atom stereocenters. The number of thiazole rings is 1. The van der Waals surface area contributed by atoms with E-state index in [4.69, 9.17) is 4.74 Å². The smallest absolute Gasteiger partial charge is 0.287 e. The van der Waals surface area contributed by atoms with Crippen LogP contribution < -0.4 is 21.1 Å². The molecule has 0 aliphatic carbocycles. The van der Waals surface area contributed by atoms with Gasteiger partial charge in [0, 0.05) is 57.8 Å². The number of β-amino-alcohol motifs (C(OH)–C–C–N with tert-alkyl or cyclic N) is 1. The highest BCUT2D eigenvalue weighted by Crippen LogP contribution is 2.30. The summed E-state index contributed by atoms with van der Waals surface area (Å²) < 4.78 is 5.72. The minimum Gasteiger partial charge on any atom is -0.507 e. The van der Waals surface area contributed by atoms with Crippen molar-refractivity contribution in [2.75, 3.05) is 57.4 Å². The number of carbonyl (C=O) groups is 3. The van der Waals surface area contributed by atoms with Gasteiger partial charge in [-0.25, -0.2) is 10.1 Å². The third-order valence-electron chi connectivity index (χ3n) is 10.2. The van der Waals surface area contributed by atoms with Crippen LogP contribution in [0.3, 0.4) is 0 Å². The Balaban J connectivity index is 0.960. The molecule has 0 bridgehead atoms. The van der Waals surface area contributed by atoms with Gasteiger partial charge in [-0.2, -0.15) is 5.10 Å². The number of likely N-dealkylation sites (tertiary alicyclic amines) is 1. The topological polar surface area (TPSA) is 193 Å². The van der Waals surface area contributed by atoms with Crippen molar-refractivity contribution in [3.8, 4) is 27.4 Å². The standard InChI is InChI=1S/C40H50N8O7S/c1-25-35(56-24-42-25)27-11-9-26(10-12-27)21-41-37(52)32-19-28(49)22-48(32)39(54)36(40(2,3)4)43-34(51)23-55-18-17-46-13-15-47(16-14-46)31-20-30(44-45-38(31)53)29-7-5-6-8-33(29)50/h5-12,20,24,28,32,36,49-50H,13-19,21-23H2,1-4H3,(H,41,52)(H,43,51)(H,45,53)/t28-,32+,36-/m1/s1. The largest absolute Gasteiger partial charge is 0.507 e. The molecule has 0 unspecified atom stereocenters. The maximum absolute atomic E-state index is 14.0. The number of aliphatic hydroxyl groups is 1. The van der Waals surface area contributed by atoms with Crippen LogP contribution in [0.4, 0.5) is 5.69 Å². The van der Waals surface area contributed by atoms with Gasteiger partial charge in [-0.15, -0.1) is 11.3 Å². The lowest BCUT2D eigenvalue weighted by Crippen LogP contribution is -2.58. The number of anilines is 1. The first-order valence-electron chi connectivity index (χ1n) is 18.8. The summed E-state index contributed by atoms with van der Waals surface area (Å²) in [7, 11) is 0. The summed E-state index contributed by atoms with van der Waals surface area (Å²) >= 11 is 1.57. The zero-order valence-corrected chi connectivity index (χ0v) is 33.0. The number of aryl methyl sites for hydroxylation is 1. The summed E-state index contributed by atoms with van der Waals surface area (Å²) in [5, 5.41) is 33.2. The van der Waals surface area contributed by atoms with Crippen LogP contribution in [0, 0.1) is 12.3 Å². The summed E-state index contributed by atoms with van der Waals surface area (Å²) in [4.78, 5) is 64.0. The molecule has 298 valence electrons. The van der Waals surface area contributed by atoms with E-state index in [1.807, 2.05) is 62.4 Å². The molecule has 2 aromatic carbocycles. The Labute approximate surface area is 329 Å². The highest BCUT2D eigenvalue weighted by atomic mass is 32.1. The number of hydrogen-bond donors (Lipinski definition) is 5. The zero-order valence-electron chi connectivity index (χ0n) is 32.2. The molecule has 4 heterocycles. The van der Waals surface area contributed by atoms with Crippen LogP contribution >= 0.6 is 11.3 Å².